The van der Waals surface area contributed by atoms with E-state index in [0.717, 1.165) is 37.7 Å². The lowest BCUT2D eigenvalue weighted by atomic mass is 9.74. The molecule has 2 aromatic carbocycles. The summed E-state index contributed by atoms with van der Waals surface area (Å²) in [4.78, 5) is 41.6. The van der Waals surface area contributed by atoms with Gasteiger partial charge in [-0.3, -0.25) is 14.4 Å². The molecule has 1 atom stereocenters. The third-order valence-electron chi connectivity index (χ3n) is 8.90. The zero-order valence-corrected chi connectivity index (χ0v) is 24.4. The van der Waals surface area contributed by atoms with Crippen LogP contribution in [0.25, 0.3) is 0 Å². The molecule has 0 spiro atoms. The number of carbonyl (C=O) groups excluding carboxylic acids is 3. The Morgan fingerprint density at radius 2 is 1.61 bits per heavy atom. The van der Waals surface area contributed by atoms with Gasteiger partial charge in [0.1, 0.15) is 6.61 Å². The van der Waals surface area contributed by atoms with Crippen LogP contribution in [0.1, 0.15) is 93.1 Å². The highest BCUT2D eigenvalue weighted by Crippen LogP contribution is 2.35. The number of nitrogens with zero attached hydrogens (tertiary/aromatic N) is 2. The van der Waals surface area contributed by atoms with Gasteiger partial charge in [0.05, 0.1) is 17.0 Å². The summed E-state index contributed by atoms with van der Waals surface area (Å²) >= 11 is 0. The summed E-state index contributed by atoms with van der Waals surface area (Å²) in [6.07, 6.45) is 8.52. The van der Waals surface area contributed by atoms with Gasteiger partial charge >= 0.3 is 5.97 Å². The summed E-state index contributed by atoms with van der Waals surface area (Å²) in [7, 11) is 0. The van der Waals surface area contributed by atoms with Crippen molar-refractivity contribution in [1.29, 1.82) is 5.26 Å². The van der Waals surface area contributed by atoms with Gasteiger partial charge < -0.3 is 15.0 Å². The molecule has 2 amide bonds. The predicted molar refractivity (Wildman–Crippen MR) is 158 cm³/mol. The van der Waals surface area contributed by atoms with Crippen molar-refractivity contribution in [3.8, 4) is 6.07 Å². The van der Waals surface area contributed by atoms with Crippen molar-refractivity contribution < 1.29 is 19.1 Å². The molecule has 1 aliphatic heterocycles. The molecular weight excluding hydrogens is 514 g/mol. The highest BCUT2D eigenvalue weighted by molar-refractivity contribution is 5.95. The molecule has 2 aromatic rings. The van der Waals surface area contributed by atoms with Crippen LogP contribution in [0.3, 0.4) is 0 Å². The third-order valence-corrected chi connectivity index (χ3v) is 8.90. The molecule has 0 bridgehead atoms. The van der Waals surface area contributed by atoms with Gasteiger partial charge in [-0.15, -0.1) is 0 Å². The number of benzene rings is 2. The molecule has 1 saturated carbocycles. The molecule has 1 saturated heterocycles. The van der Waals surface area contributed by atoms with E-state index < -0.39 is 5.41 Å². The molecular formula is C34H43N3O4. The van der Waals surface area contributed by atoms with Gasteiger partial charge in [0.2, 0.25) is 5.91 Å². The molecule has 218 valence electrons. The minimum absolute atomic E-state index is 0.0449. The van der Waals surface area contributed by atoms with Crippen LogP contribution in [-0.4, -0.2) is 41.8 Å². The SMILES string of the molecule is CC(C)(C(=O)N1CCC(CC(=O)OCc2ccccc2)CC1)C(CC1CCCCC1)NC(=O)c1ccc(C#N)cc1. The summed E-state index contributed by atoms with van der Waals surface area (Å²) in [6.45, 7) is 5.38. The van der Waals surface area contributed by atoms with Gasteiger partial charge in [-0.1, -0.05) is 62.4 Å². The number of piperidine rings is 1. The minimum atomic E-state index is -0.791. The maximum atomic E-state index is 13.9. The van der Waals surface area contributed by atoms with Crippen LogP contribution >= 0.6 is 0 Å². The van der Waals surface area contributed by atoms with Crippen molar-refractivity contribution in [1.82, 2.24) is 10.2 Å². The Kier molecular flexibility index (Phi) is 10.6. The number of nitrogens with one attached hydrogen (secondary N) is 1. The first-order valence-electron chi connectivity index (χ1n) is 15.1. The number of ether oxygens (including phenoxy) is 1. The number of amides is 2. The standard InChI is InChI=1S/C34H43N3O4/c1-34(2,30(21-25-9-5-3-6-10-25)36-32(39)29-15-13-27(23-35)14-16-29)33(40)37-19-17-26(18-20-37)22-31(38)41-24-28-11-7-4-8-12-28/h4,7-8,11-16,25-26,30H,3,5-6,9-10,17-22,24H2,1-2H3,(H,36,39). The molecule has 1 N–H and O–H groups in total. The molecule has 7 heteroatoms. The van der Waals surface area contributed by atoms with Gasteiger partial charge in [-0.05, 0) is 74.8 Å². The highest BCUT2D eigenvalue weighted by Gasteiger charge is 2.42. The van der Waals surface area contributed by atoms with E-state index in [1.807, 2.05) is 49.1 Å². The summed E-state index contributed by atoms with van der Waals surface area (Å²) in [5.41, 5.74) is 1.17. The first kappa shape index (κ1) is 30.3. The fourth-order valence-corrected chi connectivity index (χ4v) is 6.16. The van der Waals surface area contributed by atoms with Crippen molar-refractivity contribution in [2.75, 3.05) is 13.1 Å². The summed E-state index contributed by atoms with van der Waals surface area (Å²) in [5, 5.41) is 12.3. The van der Waals surface area contributed by atoms with Crippen LogP contribution in [0.4, 0.5) is 0 Å². The van der Waals surface area contributed by atoms with Crippen molar-refractivity contribution >= 4 is 17.8 Å². The van der Waals surface area contributed by atoms with E-state index in [4.69, 9.17) is 10.00 Å². The molecule has 4 rings (SSSR count). The number of carbonyl (C=O) groups is 3. The lowest BCUT2D eigenvalue weighted by Crippen LogP contribution is -2.55. The lowest BCUT2D eigenvalue weighted by molar-refractivity contribution is -0.147. The van der Waals surface area contributed by atoms with Gasteiger partial charge in [0.25, 0.3) is 5.91 Å². The molecule has 0 radical (unpaired) electrons. The third kappa shape index (κ3) is 8.42. The van der Waals surface area contributed by atoms with Gasteiger partial charge in [0.15, 0.2) is 0 Å². The maximum absolute atomic E-state index is 13.9. The van der Waals surface area contributed by atoms with Gasteiger partial charge in [0, 0.05) is 31.1 Å². The number of likely N-dealkylation sites (tertiary alicyclic amines) is 1. The van der Waals surface area contributed by atoms with Crippen molar-refractivity contribution in [3.05, 3.63) is 71.3 Å². The zero-order chi connectivity index (χ0) is 29.2. The van der Waals surface area contributed by atoms with E-state index >= 15 is 0 Å². The van der Waals surface area contributed by atoms with Crippen LogP contribution in [0.15, 0.2) is 54.6 Å². The second-order valence-electron chi connectivity index (χ2n) is 12.3. The smallest absolute Gasteiger partial charge is 0.306 e. The maximum Gasteiger partial charge on any atom is 0.306 e. The zero-order valence-electron chi connectivity index (χ0n) is 24.4. The van der Waals surface area contributed by atoms with Crippen LogP contribution in [0, 0.1) is 28.6 Å². The van der Waals surface area contributed by atoms with E-state index in [1.165, 1.54) is 19.3 Å². The van der Waals surface area contributed by atoms with Crippen LogP contribution < -0.4 is 5.32 Å². The highest BCUT2D eigenvalue weighted by atomic mass is 16.5. The molecule has 1 aliphatic carbocycles. The Morgan fingerprint density at radius 3 is 2.24 bits per heavy atom. The quantitative estimate of drug-likeness (QED) is 0.360. The van der Waals surface area contributed by atoms with E-state index in [-0.39, 0.29) is 36.4 Å². The Labute approximate surface area is 244 Å². The number of hydrogen-bond acceptors (Lipinski definition) is 5. The number of esters is 1. The van der Waals surface area contributed by atoms with Crippen molar-refractivity contribution in [2.24, 2.45) is 17.3 Å². The number of rotatable bonds is 10. The van der Waals surface area contributed by atoms with Crippen LogP contribution in [0.2, 0.25) is 0 Å². The number of nitriles is 1. The number of hydrogen-bond donors (Lipinski definition) is 1. The Balaban J connectivity index is 1.35. The van der Waals surface area contributed by atoms with Gasteiger partial charge in [-0.25, -0.2) is 0 Å². The Hall–Kier alpha value is -3.66. The molecule has 41 heavy (non-hydrogen) atoms. The molecule has 1 unspecified atom stereocenters. The lowest BCUT2D eigenvalue weighted by Gasteiger charge is -2.42. The van der Waals surface area contributed by atoms with E-state index in [2.05, 4.69) is 11.4 Å². The fourth-order valence-electron chi connectivity index (χ4n) is 6.16. The fraction of sp³-hybridized carbons (Fsp3) is 0.529. The second-order valence-corrected chi connectivity index (χ2v) is 12.3. The summed E-state index contributed by atoms with van der Waals surface area (Å²) in [6, 6.07) is 18.0. The molecule has 0 aromatic heterocycles. The van der Waals surface area contributed by atoms with Crippen LogP contribution in [0.5, 0.6) is 0 Å². The van der Waals surface area contributed by atoms with Crippen LogP contribution in [-0.2, 0) is 20.9 Å². The van der Waals surface area contributed by atoms with E-state index in [1.54, 1.807) is 24.3 Å². The molecule has 2 fully saturated rings. The minimum Gasteiger partial charge on any atom is -0.461 e. The Bertz CT molecular complexity index is 1200. The van der Waals surface area contributed by atoms with Gasteiger partial charge in [-0.2, -0.15) is 5.26 Å². The first-order chi connectivity index (χ1) is 19.8. The normalized spacial score (nSPS) is 17.3. The largest absolute Gasteiger partial charge is 0.461 e. The van der Waals surface area contributed by atoms with Crippen molar-refractivity contribution in [3.63, 3.8) is 0 Å². The average Bonchev–Trinajstić information content (AvgIpc) is 3.00. The first-order valence-corrected chi connectivity index (χ1v) is 15.1. The van der Waals surface area contributed by atoms with E-state index in [0.29, 0.717) is 36.6 Å². The topological polar surface area (TPSA) is 99.5 Å². The predicted octanol–water partition coefficient (Wildman–Crippen LogP) is 6.03. The summed E-state index contributed by atoms with van der Waals surface area (Å²) in [5.74, 6) is 0.304. The molecule has 1 heterocycles. The van der Waals surface area contributed by atoms with Crippen molar-refractivity contribution in [2.45, 2.75) is 84.3 Å². The monoisotopic (exact) mass is 557 g/mol. The average molecular weight is 558 g/mol. The second kappa shape index (κ2) is 14.3. The molecule has 2 aliphatic rings. The Morgan fingerprint density at radius 1 is 0.951 bits per heavy atom. The van der Waals surface area contributed by atoms with E-state index in [9.17, 15) is 14.4 Å². The molecule has 7 nitrogen and oxygen atoms in total. The summed E-state index contributed by atoms with van der Waals surface area (Å²) < 4.78 is 5.47.